The summed E-state index contributed by atoms with van der Waals surface area (Å²) in [7, 11) is 0. The lowest BCUT2D eigenvalue weighted by Crippen LogP contribution is -2.39. The third-order valence-corrected chi connectivity index (χ3v) is 2.38. The fraction of sp³-hybridized carbons (Fsp3) is 0.600. The predicted molar refractivity (Wildman–Crippen MR) is 52.0 cm³/mol. The van der Waals surface area contributed by atoms with Gasteiger partial charge in [-0.15, -0.1) is 0 Å². The van der Waals surface area contributed by atoms with Gasteiger partial charge in [0.15, 0.2) is 0 Å². The summed E-state index contributed by atoms with van der Waals surface area (Å²) in [4.78, 5) is 23.5. The Morgan fingerprint density at radius 3 is 3.00 bits per heavy atom. The average Bonchev–Trinajstić information content (AvgIpc) is 2.10. The molecule has 14 heavy (non-hydrogen) atoms. The van der Waals surface area contributed by atoms with Crippen LogP contribution in [0.4, 0.5) is 0 Å². The lowest BCUT2D eigenvalue weighted by atomic mass is 9.99. The summed E-state index contributed by atoms with van der Waals surface area (Å²) in [5.41, 5.74) is 0. The van der Waals surface area contributed by atoms with E-state index in [0.29, 0.717) is 18.7 Å². The summed E-state index contributed by atoms with van der Waals surface area (Å²) in [5, 5.41) is 8.38. The van der Waals surface area contributed by atoms with Gasteiger partial charge in [0.05, 0.1) is 0 Å². The van der Waals surface area contributed by atoms with Crippen LogP contribution in [0.15, 0.2) is 12.2 Å². The van der Waals surface area contributed by atoms with Crippen molar-refractivity contribution in [3.63, 3.8) is 0 Å². The topological polar surface area (TPSA) is 57.6 Å². The molecule has 0 aromatic rings. The molecule has 0 aromatic heterocycles. The summed E-state index contributed by atoms with van der Waals surface area (Å²) in [5.74, 6) is -0.531. The number of ketones is 1. The van der Waals surface area contributed by atoms with E-state index in [1.165, 1.54) is 0 Å². The number of carbonyl (C=O) groups excluding carboxylic acids is 1. The summed E-state index contributed by atoms with van der Waals surface area (Å²) in [6, 6.07) is 0. The van der Waals surface area contributed by atoms with Gasteiger partial charge in [0.2, 0.25) is 0 Å². The van der Waals surface area contributed by atoms with Crippen LogP contribution in [-0.2, 0) is 9.59 Å². The highest BCUT2D eigenvalue weighted by molar-refractivity contribution is 5.81. The minimum absolute atomic E-state index is 0.0852. The quantitative estimate of drug-likeness (QED) is 0.671. The number of piperidine rings is 1. The zero-order valence-corrected chi connectivity index (χ0v) is 8.27. The first-order chi connectivity index (χ1) is 6.59. The van der Waals surface area contributed by atoms with E-state index in [0.717, 1.165) is 19.2 Å². The molecular formula is C10H15NO3. The van der Waals surface area contributed by atoms with Gasteiger partial charge in [-0.25, -0.2) is 4.79 Å². The smallest absolute Gasteiger partial charge is 0.328 e. The number of carbonyl (C=O) groups is 2. The second kappa shape index (κ2) is 4.91. The number of nitrogens with zero attached hydrogens (tertiary/aromatic N) is 1. The van der Waals surface area contributed by atoms with Crippen molar-refractivity contribution in [2.45, 2.75) is 13.3 Å². The van der Waals surface area contributed by atoms with Crippen LogP contribution >= 0.6 is 0 Å². The van der Waals surface area contributed by atoms with E-state index in [4.69, 9.17) is 5.11 Å². The van der Waals surface area contributed by atoms with Gasteiger partial charge in [0.1, 0.15) is 5.78 Å². The number of carboxylic acid groups (broad SMARTS) is 1. The zero-order valence-electron chi connectivity index (χ0n) is 8.27. The molecule has 1 fully saturated rings. The highest BCUT2D eigenvalue weighted by atomic mass is 16.4. The number of Topliss-reactive ketones (excluding diaryl/α,β-unsaturated/α-hetero) is 1. The molecule has 1 heterocycles. The molecule has 0 aliphatic carbocycles. The third-order valence-electron chi connectivity index (χ3n) is 2.38. The maximum Gasteiger partial charge on any atom is 0.328 e. The van der Waals surface area contributed by atoms with Crippen molar-refractivity contribution < 1.29 is 14.7 Å². The van der Waals surface area contributed by atoms with Gasteiger partial charge < -0.3 is 5.11 Å². The molecule has 1 aliphatic rings. The minimum atomic E-state index is -0.925. The Kier molecular flexibility index (Phi) is 3.83. The molecule has 4 heteroatoms. The average molecular weight is 197 g/mol. The molecule has 78 valence electrons. The first-order valence-corrected chi connectivity index (χ1v) is 4.74. The minimum Gasteiger partial charge on any atom is -0.478 e. The van der Waals surface area contributed by atoms with Crippen LogP contribution in [-0.4, -0.2) is 41.4 Å². The van der Waals surface area contributed by atoms with Crippen LogP contribution < -0.4 is 0 Å². The molecule has 1 rings (SSSR count). The van der Waals surface area contributed by atoms with Crippen LogP contribution in [0.1, 0.15) is 13.3 Å². The summed E-state index contributed by atoms with van der Waals surface area (Å²) in [6.07, 6.45) is 3.34. The fourth-order valence-corrected chi connectivity index (χ4v) is 1.56. The maximum atomic E-state index is 11.2. The highest BCUT2D eigenvalue weighted by Crippen LogP contribution is 2.11. The Morgan fingerprint density at radius 1 is 1.71 bits per heavy atom. The summed E-state index contributed by atoms with van der Waals surface area (Å²) in [6.45, 7) is 4.01. The molecule has 0 saturated carbocycles. The van der Waals surface area contributed by atoms with E-state index in [-0.39, 0.29) is 5.92 Å². The molecule has 1 aliphatic heterocycles. The van der Waals surface area contributed by atoms with Gasteiger partial charge in [-0.1, -0.05) is 13.0 Å². The number of carboxylic acids is 1. The molecule has 1 atom stereocenters. The van der Waals surface area contributed by atoms with E-state index in [1.807, 2.05) is 6.92 Å². The van der Waals surface area contributed by atoms with Crippen LogP contribution in [0, 0.1) is 5.92 Å². The molecule has 0 aromatic carbocycles. The normalized spacial score (nSPS) is 24.4. The molecule has 0 radical (unpaired) electrons. The Bertz CT molecular complexity index is 260. The van der Waals surface area contributed by atoms with E-state index < -0.39 is 5.97 Å². The molecular weight excluding hydrogens is 182 g/mol. The van der Waals surface area contributed by atoms with Crippen molar-refractivity contribution in [1.29, 1.82) is 0 Å². The van der Waals surface area contributed by atoms with Crippen LogP contribution in [0.25, 0.3) is 0 Å². The Hall–Kier alpha value is -1.16. The molecule has 4 nitrogen and oxygen atoms in total. The van der Waals surface area contributed by atoms with Crippen molar-refractivity contribution in [3.8, 4) is 0 Å². The first kappa shape index (κ1) is 10.9. The monoisotopic (exact) mass is 197 g/mol. The standard InChI is InChI=1S/C10H15NO3/c1-8-7-11(6-4-9(8)12)5-2-3-10(13)14/h2-3,8H,4-7H2,1H3,(H,13,14). The molecule has 0 amide bonds. The van der Waals surface area contributed by atoms with Crippen molar-refractivity contribution in [2.75, 3.05) is 19.6 Å². The lowest BCUT2D eigenvalue weighted by molar-refractivity contribution is -0.131. The van der Waals surface area contributed by atoms with E-state index in [1.54, 1.807) is 6.08 Å². The van der Waals surface area contributed by atoms with E-state index in [2.05, 4.69) is 4.90 Å². The van der Waals surface area contributed by atoms with Gasteiger partial charge in [-0.2, -0.15) is 0 Å². The molecule has 1 N–H and O–H groups in total. The molecule has 0 spiro atoms. The molecule has 0 bridgehead atoms. The van der Waals surface area contributed by atoms with Crippen molar-refractivity contribution in [1.82, 2.24) is 4.90 Å². The van der Waals surface area contributed by atoms with Gasteiger partial charge in [0.25, 0.3) is 0 Å². The largest absolute Gasteiger partial charge is 0.478 e. The van der Waals surface area contributed by atoms with Crippen LogP contribution in [0.5, 0.6) is 0 Å². The van der Waals surface area contributed by atoms with Crippen LogP contribution in [0.3, 0.4) is 0 Å². The van der Waals surface area contributed by atoms with E-state index in [9.17, 15) is 9.59 Å². The number of likely N-dealkylation sites (tertiary alicyclic amines) is 1. The SMILES string of the molecule is CC1CN(CC=CC(=O)O)CCC1=O. The van der Waals surface area contributed by atoms with Gasteiger partial charge in [-0.05, 0) is 0 Å². The van der Waals surface area contributed by atoms with Crippen molar-refractivity contribution in [2.24, 2.45) is 5.92 Å². The van der Waals surface area contributed by atoms with Crippen molar-refractivity contribution in [3.05, 3.63) is 12.2 Å². The van der Waals surface area contributed by atoms with Crippen molar-refractivity contribution >= 4 is 11.8 Å². The second-order valence-corrected chi connectivity index (χ2v) is 3.62. The highest BCUT2D eigenvalue weighted by Gasteiger charge is 2.22. The number of aliphatic carboxylic acids is 1. The Balaban J connectivity index is 2.33. The number of hydrogen-bond acceptors (Lipinski definition) is 3. The van der Waals surface area contributed by atoms with Gasteiger partial charge in [0, 0.05) is 38.0 Å². The summed E-state index contributed by atoms with van der Waals surface area (Å²) < 4.78 is 0. The number of rotatable bonds is 3. The number of hydrogen-bond donors (Lipinski definition) is 1. The maximum absolute atomic E-state index is 11.2. The zero-order chi connectivity index (χ0) is 10.6. The van der Waals surface area contributed by atoms with E-state index >= 15 is 0 Å². The lowest BCUT2D eigenvalue weighted by Gasteiger charge is -2.28. The first-order valence-electron chi connectivity index (χ1n) is 4.74. The molecule has 1 saturated heterocycles. The molecule has 1 unspecified atom stereocenters. The van der Waals surface area contributed by atoms with Gasteiger partial charge >= 0.3 is 5.97 Å². The fourth-order valence-electron chi connectivity index (χ4n) is 1.56. The second-order valence-electron chi connectivity index (χ2n) is 3.62. The van der Waals surface area contributed by atoms with Gasteiger partial charge in [-0.3, -0.25) is 9.69 Å². The Labute approximate surface area is 83.2 Å². The third kappa shape index (κ3) is 3.30. The Morgan fingerprint density at radius 2 is 2.43 bits per heavy atom. The predicted octanol–water partition coefficient (Wildman–Crippen LogP) is 0.538. The van der Waals surface area contributed by atoms with Crippen LogP contribution in [0.2, 0.25) is 0 Å². The summed E-state index contributed by atoms with van der Waals surface area (Å²) >= 11 is 0.